The summed E-state index contributed by atoms with van der Waals surface area (Å²) in [6.45, 7) is 6.60. The van der Waals surface area contributed by atoms with Crippen LogP contribution in [0.5, 0.6) is 0 Å². The first-order valence-electron chi connectivity index (χ1n) is 5.01. The lowest BCUT2D eigenvalue weighted by molar-refractivity contribution is -0.127. The van der Waals surface area contributed by atoms with Crippen LogP contribution in [0.3, 0.4) is 0 Å². The third kappa shape index (κ3) is 17.6. The van der Waals surface area contributed by atoms with E-state index in [0.29, 0.717) is 18.6 Å². The minimum Gasteiger partial charge on any atom is -0.366 e. The predicted molar refractivity (Wildman–Crippen MR) is 56.7 cm³/mol. The smallest absolute Gasteiger partial charge is 0.156 e. The van der Waals surface area contributed by atoms with Crippen molar-refractivity contribution in [3.8, 4) is 0 Å². The molecule has 0 aromatic rings. The van der Waals surface area contributed by atoms with Crippen molar-refractivity contribution in [3.63, 3.8) is 0 Å². The van der Waals surface area contributed by atoms with Crippen LogP contribution < -0.4 is 5.73 Å². The maximum atomic E-state index is 10.4. The van der Waals surface area contributed by atoms with Crippen LogP contribution in [0.2, 0.25) is 0 Å². The summed E-state index contributed by atoms with van der Waals surface area (Å²) < 4.78 is 0. The van der Waals surface area contributed by atoms with Gasteiger partial charge in [-0.3, -0.25) is 4.79 Å². The van der Waals surface area contributed by atoms with Gasteiger partial charge >= 0.3 is 0 Å². The molecular formula is C10H23NO3. The van der Waals surface area contributed by atoms with Crippen LogP contribution in [-0.4, -0.2) is 27.8 Å². The molecule has 0 heterocycles. The number of carbonyl (C=O) groups is 1. The number of hydrogen-bond donors (Lipinski definition) is 3. The molecule has 4 heteroatoms. The van der Waals surface area contributed by atoms with Crippen LogP contribution >= 0.6 is 0 Å². The normalized spacial score (nSPS) is 20.5. The molecule has 0 saturated heterocycles. The summed E-state index contributed by atoms with van der Waals surface area (Å²) >= 11 is 0. The SMILES string of the molecule is CC.CC(C)(O)O.NC1CCC(=O)C1. The fourth-order valence-electron chi connectivity index (χ4n) is 0.843. The second-order valence-corrected chi connectivity index (χ2v) is 3.54. The van der Waals surface area contributed by atoms with Gasteiger partial charge in [0.15, 0.2) is 5.79 Å². The third-order valence-electron chi connectivity index (χ3n) is 1.28. The maximum absolute atomic E-state index is 10.4. The number of ketones is 1. The monoisotopic (exact) mass is 205 g/mol. The minimum atomic E-state index is -1.50. The molecular weight excluding hydrogens is 182 g/mol. The van der Waals surface area contributed by atoms with Crippen molar-refractivity contribution in [2.75, 3.05) is 0 Å². The van der Waals surface area contributed by atoms with Crippen molar-refractivity contribution >= 4 is 5.78 Å². The van der Waals surface area contributed by atoms with Crippen molar-refractivity contribution in [1.29, 1.82) is 0 Å². The first kappa shape index (κ1) is 16.0. The molecule has 14 heavy (non-hydrogen) atoms. The Balaban J connectivity index is 0. The van der Waals surface area contributed by atoms with Gasteiger partial charge in [0.25, 0.3) is 0 Å². The Morgan fingerprint density at radius 3 is 1.79 bits per heavy atom. The van der Waals surface area contributed by atoms with E-state index < -0.39 is 5.79 Å². The second kappa shape index (κ2) is 7.91. The minimum absolute atomic E-state index is 0.174. The zero-order valence-electron chi connectivity index (χ0n) is 9.58. The molecule has 1 fully saturated rings. The van der Waals surface area contributed by atoms with E-state index in [4.69, 9.17) is 15.9 Å². The van der Waals surface area contributed by atoms with Crippen LogP contribution in [0.4, 0.5) is 0 Å². The number of nitrogens with two attached hydrogens (primary N) is 1. The van der Waals surface area contributed by atoms with Crippen molar-refractivity contribution in [2.45, 2.75) is 58.8 Å². The van der Waals surface area contributed by atoms with Gasteiger partial charge in [0.05, 0.1) is 0 Å². The number of rotatable bonds is 0. The van der Waals surface area contributed by atoms with Gasteiger partial charge in [-0.1, -0.05) is 13.8 Å². The number of Topliss-reactive ketones (excluding diaryl/α,β-unsaturated/α-hetero) is 1. The van der Waals surface area contributed by atoms with E-state index in [1.807, 2.05) is 13.8 Å². The van der Waals surface area contributed by atoms with Crippen molar-refractivity contribution in [2.24, 2.45) is 5.73 Å². The molecule has 0 bridgehead atoms. The molecule has 86 valence electrons. The van der Waals surface area contributed by atoms with Gasteiger partial charge in [0, 0.05) is 18.9 Å². The summed E-state index contributed by atoms with van der Waals surface area (Å²) in [6.07, 6.45) is 2.22. The Hall–Kier alpha value is -0.450. The van der Waals surface area contributed by atoms with Crippen molar-refractivity contribution in [3.05, 3.63) is 0 Å². The zero-order chi connectivity index (χ0) is 11.8. The number of carbonyl (C=O) groups excluding carboxylic acids is 1. The summed E-state index contributed by atoms with van der Waals surface area (Å²) in [4.78, 5) is 10.4. The van der Waals surface area contributed by atoms with Crippen molar-refractivity contribution in [1.82, 2.24) is 0 Å². The van der Waals surface area contributed by atoms with Gasteiger partial charge in [-0.25, -0.2) is 0 Å². The molecule has 1 aliphatic carbocycles. The zero-order valence-corrected chi connectivity index (χ0v) is 9.58. The molecule has 1 rings (SSSR count). The summed E-state index contributed by atoms with van der Waals surface area (Å²) in [7, 11) is 0. The van der Waals surface area contributed by atoms with Gasteiger partial charge in [-0.2, -0.15) is 0 Å². The molecule has 0 aromatic carbocycles. The topological polar surface area (TPSA) is 83.6 Å². The van der Waals surface area contributed by atoms with Crippen LogP contribution in [0, 0.1) is 0 Å². The second-order valence-electron chi connectivity index (χ2n) is 3.54. The molecule has 0 aliphatic heterocycles. The van der Waals surface area contributed by atoms with Gasteiger partial charge < -0.3 is 15.9 Å². The van der Waals surface area contributed by atoms with Gasteiger partial charge in [-0.05, 0) is 20.3 Å². The van der Waals surface area contributed by atoms with E-state index in [9.17, 15) is 4.79 Å². The van der Waals surface area contributed by atoms with Crippen LogP contribution in [0.25, 0.3) is 0 Å². The Morgan fingerprint density at radius 1 is 1.36 bits per heavy atom. The highest BCUT2D eigenvalue weighted by Crippen LogP contribution is 2.10. The van der Waals surface area contributed by atoms with Crippen molar-refractivity contribution < 1.29 is 15.0 Å². The molecule has 4 nitrogen and oxygen atoms in total. The van der Waals surface area contributed by atoms with E-state index in [1.54, 1.807) is 0 Å². The Morgan fingerprint density at radius 2 is 1.71 bits per heavy atom. The van der Waals surface area contributed by atoms with E-state index in [1.165, 1.54) is 13.8 Å². The highest BCUT2D eigenvalue weighted by Gasteiger charge is 2.17. The third-order valence-corrected chi connectivity index (χ3v) is 1.28. The van der Waals surface area contributed by atoms with Crippen LogP contribution in [-0.2, 0) is 4.79 Å². The Kier molecular flexibility index (Phi) is 9.04. The van der Waals surface area contributed by atoms with E-state index >= 15 is 0 Å². The number of aliphatic hydroxyl groups is 2. The molecule has 1 saturated carbocycles. The lowest BCUT2D eigenvalue weighted by atomic mass is 10.3. The van der Waals surface area contributed by atoms with E-state index in [0.717, 1.165) is 6.42 Å². The molecule has 1 aliphatic rings. The summed E-state index contributed by atoms with van der Waals surface area (Å²) in [5.74, 6) is -1.17. The van der Waals surface area contributed by atoms with Gasteiger partial charge in [-0.15, -0.1) is 0 Å². The molecule has 0 spiro atoms. The highest BCUT2D eigenvalue weighted by atomic mass is 16.5. The van der Waals surface area contributed by atoms with Gasteiger partial charge in [0.1, 0.15) is 5.78 Å². The molecule has 0 aromatic heterocycles. The summed E-state index contributed by atoms with van der Waals surface area (Å²) in [5.41, 5.74) is 5.40. The maximum Gasteiger partial charge on any atom is 0.156 e. The van der Waals surface area contributed by atoms with Crippen LogP contribution in [0.1, 0.15) is 47.0 Å². The molecule has 4 N–H and O–H groups in total. The average Bonchev–Trinajstić information content (AvgIpc) is 2.35. The van der Waals surface area contributed by atoms with Gasteiger partial charge in [0.2, 0.25) is 0 Å². The lowest BCUT2D eigenvalue weighted by Crippen LogP contribution is -2.15. The highest BCUT2D eigenvalue weighted by molar-refractivity contribution is 5.81. The molecule has 0 radical (unpaired) electrons. The molecule has 1 unspecified atom stereocenters. The fraction of sp³-hybridized carbons (Fsp3) is 0.900. The molecule has 0 amide bonds. The van der Waals surface area contributed by atoms with E-state index in [2.05, 4.69) is 0 Å². The predicted octanol–water partition coefficient (Wildman–Crippen LogP) is 0.800. The average molecular weight is 205 g/mol. The Labute approximate surface area is 86.1 Å². The standard InChI is InChI=1S/C5H9NO.C3H8O2.C2H6/c6-4-1-2-5(7)3-4;1-3(2,4)5;1-2/h4H,1-3,6H2;4-5H,1-2H3;1-2H3. The summed E-state index contributed by atoms with van der Waals surface area (Å²) in [6, 6.07) is 0.174. The first-order chi connectivity index (χ1) is 6.29. The largest absolute Gasteiger partial charge is 0.366 e. The first-order valence-corrected chi connectivity index (χ1v) is 5.01. The quantitative estimate of drug-likeness (QED) is 0.511. The Bertz CT molecular complexity index is 146. The van der Waals surface area contributed by atoms with Crippen LogP contribution in [0.15, 0.2) is 0 Å². The number of hydrogen-bond acceptors (Lipinski definition) is 4. The fourth-order valence-corrected chi connectivity index (χ4v) is 0.843. The molecule has 1 atom stereocenters. The summed E-state index contributed by atoms with van der Waals surface area (Å²) in [5, 5.41) is 16.2. The lowest BCUT2D eigenvalue weighted by Gasteiger charge is -2.03. The van der Waals surface area contributed by atoms with E-state index in [-0.39, 0.29) is 6.04 Å².